The predicted octanol–water partition coefficient (Wildman–Crippen LogP) is 3.21. The van der Waals surface area contributed by atoms with Gasteiger partial charge in [0, 0.05) is 18.2 Å². The Morgan fingerprint density at radius 3 is 2.32 bits per heavy atom. The van der Waals surface area contributed by atoms with E-state index in [0.29, 0.717) is 6.07 Å². The standard InChI is InChI=1S/C14H12F3NO/c15-11-6-12(16)14(10(8-19)13(11)17)18-7-9-4-2-1-3-5-9/h1-6,18-19H,7-8H2. The fraction of sp³-hybridized carbons (Fsp3) is 0.143. The molecule has 2 rings (SSSR count). The summed E-state index contributed by atoms with van der Waals surface area (Å²) >= 11 is 0. The van der Waals surface area contributed by atoms with Gasteiger partial charge in [-0.05, 0) is 5.56 Å². The average molecular weight is 267 g/mol. The van der Waals surface area contributed by atoms with E-state index < -0.39 is 29.6 Å². The SMILES string of the molecule is OCc1c(F)c(F)cc(F)c1NCc1ccccc1. The van der Waals surface area contributed by atoms with Crippen molar-refractivity contribution in [2.24, 2.45) is 0 Å². The topological polar surface area (TPSA) is 32.3 Å². The van der Waals surface area contributed by atoms with Crippen molar-refractivity contribution < 1.29 is 18.3 Å². The van der Waals surface area contributed by atoms with Gasteiger partial charge in [0.1, 0.15) is 5.82 Å². The number of benzene rings is 2. The molecule has 0 fully saturated rings. The molecule has 0 spiro atoms. The van der Waals surface area contributed by atoms with Crippen LogP contribution in [0.15, 0.2) is 36.4 Å². The van der Waals surface area contributed by atoms with Crippen molar-refractivity contribution in [1.82, 2.24) is 0 Å². The van der Waals surface area contributed by atoms with Crippen molar-refractivity contribution in [2.45, 2.75) is 13.2 Å². The van der Waals surface area contributed by atoms with Gasteiger partial charge in [0.2, 0.25) is 0 Å². The molecule has 2 nitrogen and oxygen atoms in total. The Balaban J connectivity index is 2.27. The van der Waals surface area contributed by atoms with Crippen LogP contribution in [-0.4, -0.2) is 5.11 Å². The Morgan fingerprint density at radius 2 is 1.68 bits per heavy atom. The molecule has 0 amide bonds. The molecular formula is C14H12F3NO. The molecule has 0 saturated heterocycles. The zero-order chi connectivity index (χ0) is 13.8. The van der Waals surface area contributed by atoms with Crippen LogP contribution in [0.5, 0.6) is 0 Å². The maximum Gasteiger partial charge on any atom is 0.166 e. The van der Waals surface area contributed by atoms with E-state index in [9.17, 15) is 13.2 Å². The van der Waals surface area contributed by atoms with Gasteiger partial charge in [0.05, 0.1) is 12.3 Å². The molecule has 0 heterocycles. The Labute approximate surface area is 108 Å². The lowest BCUT2D eigenvalue weighted by Crippen LogP contribution is -2.08. The van der Waals surface area contributed by atoms with Gasteiger partial charge in [0.15, 0.2) is 11.6 Å². The van der Waals surface area contributed by atoms with Crippen LogP contribution in [0.4, 0.5) is 18.9 Å². The first kappa shape index (κ1) is 13.4. The van der Waals surface area contributed by atoms with Crippen LogP contribution in [0.2, 0.25) is 0 Å². The zero-order valence-electron chi connectivity index (χ0n) is 9.96. The van der Waals surface area contributed by atoms with Crippen LogP contribution < -0.4 is 5.32 Å². The molecule has 100 valence electrons. The number of halogens is 3. The number of anilines is 1. The number of nitrogens with one attached hydrogen (secondary N) is 1. The fourth-order valence-corrected chi connectivity index (χ4v) is 1.77. The Kier molecular flexibility index (Phi) is 4.06. The van der Waals surface area contributed by atoms with Crippen LogP contribution in [0.1, 0.15) is 11.1 Å². The summed E-state index contributed by atoms with van der Waals surface area (Å²) in [6.45, 7) is -0.534. The minimum atomic E-state index is -1.31. The van der Waals surface area contributed by atoms with E-state index in [2.05, 4.69) is 5.32 Å². The molecule has 0 aliphatic rings. The second kappa shape index (κ2) is 5.75. The number of hydrogen-bond donors (Lipinski definition) is 2. The lowest BCUT2D eigenvalue weighted by Gasteiger charge is -2.13. The van der Waals surface area contributed by atoms with Gasteiger partial charge >= 0.3 is 0 Å². The first-order chi connectivity index (χ1) is 9.13. The van der Waals surface area contributed by atoms with Crippen molar-refractivity contribution in [3.8, 4) is 0 Å². The van der Waals surface area contributed by atoms with E-state index >= 15 is 0 Å². The third kappa shape index (κ3) is 2.88. The highest BCUT2D eigenvalue weighted by Gasteiger charge is 2.17. The van der Waals surface area contributed by atoms with Gasteiger partial charge in [-0.1, -0.05) is 30.3 Å². The molecule has 0 aliphatic heterocycles. The third-order valence-electron chi connectivity index (χ3n) is 2.74. The van der Waals surface area contributed by atoms with Gasteiger partial charge in [-0.2, -0.15) is 0 Å². The second-order valence-electron chi connectivity index (χ2n) is 4.01. The van der Waals surface area contributed by atoms with Crippen molar-refractivity contribution in [3.05, 3.63) is 65.0 Å². The molecule has 0 radical (unpaired) electrons. The summed E-state index contributed by atoms with van der Waals surface area (Å²) in [5.74, 6) is -3.48. The van der Waals surface area contributed by atoms with E-state index in [-0.39, 0.29) is 12.2 Å². The molecule has 0 saturated carbocycles. The first-order valence-corrected chi connectivity index (χ1v) is 5.68. The summed E-state index contributed by atoms with van der Waals surface area (Å²) in [5, 5.41) is 11.7. The van der Waals surface area contributed by atoms with Crippen molar-refractivity contribution in [3.63, 3.8) is 0 Å². The molecule has 2 aromatic rings. The minimum absolute atomic E-state index is 0.217. The summed E-state index contributed by atoms with van der Waals surface area (Å²) in [7, 11) is 0. The Hall–Kier alpha value is -2.01. The average Bonchev–Trinajstić information content (AvgIpc) is 2.42. The largest absolute Gasteiger partial charge is 0.391 e. The van der Waals surface area contributed by atoms with Crippen molar-refractivity contribution in [1.29, 1.82) is 0 Å². The molecule has 0 aromatic heterocycles. The molecule has 0 atom stereocenters. The molecular weight excluding hydrogens is 255 g/mol. The lowest BCUT2D eigenvalue weighted by atomic mass is 10.1. The molecule has 0 bridgehead atoms. The molecule has 5 heteroatoms. The van der Waals surface area contributed by atoms with Gasteiger partial charge in [-0.15, -0.1) is 0 Å². The maximum atomic E-state index is 13.6. The van der Waals surface area contributed by atoms with Crippen LogP contribution in [0.25, 0.3) is 0 Å². The van der Waals surface area contributed by atoms with Crippen LogP contribution in [0.3, 0.4) is 0 Å². The van der Waals surface area contributed by atoms with Gasteiger partial charge in [0.25, 0.3) is 0 Å². The van der Waals surface area contributed by atoms with Gasteiger partial charge < -0.3 is 10.4 Å². The molecule has 0 aliphatic carbocycles. The van der Waals surface area contributed by atoms with E-state index in [1.165, 1.54) is 0 Å². The van der Waals surface area contributed by atoms with E-state index in [4.69, 9.17) is 5.11 Å². The molecule has 2 aromatic carbocycles. The van der Waals surface area contributed by atoms with Crippen molar-refractivity contribution >= 4 is 5.69 Å². The predicted molar refractivity (Wildman–Crippen MR) is 66.0 cm³/mol. The number of rotatable bonds is 4. The summed E-state index contributed by atoms with van der Waals surface area (Å²) in [6.07, 6.45) is 0. The third-order valence-corrected chi connectivity index (χ3v) is 2.74. The quantitative estimate of drug-likeness (QED) is 0.834. The van der Waals surface area contributed by atoms with E-state index in [0.717, 1.165) is 5.56 Å². The maximum absolute atomic E-state index is 13.6. The summed E-state index contributed by atoms with van der Waals surface area (Å²) in [6, 6.07) is 9.53. The highest BCUT2D eigenvalue weighted by molar-refractivity contribution is 5.53. The number of hydrogen-bond acceptors (Lipinski definition) is 2. The Morgan fingerprint density at radius 1 is 1.00 bits per heavy atom. The molecule has 19 heavy (non-hydrogen) atoms. The Bertz CT molecular complexity index is 573. The van der Waals surface area contributed by atoms with E-state index in [1.54, 1.807) is 0 Å². The molecule has 0 unspecified atom stereocenters. The van der Waals surface area contributed by atoms with Crippen molar-refractivity contribution in [2.75, 3.05) is 5.32 Å². The monoisotopic (exact) mass is 267 g/mol. The second-order valence-corrected chi connectivity index (χ2v) is 4.01. The normalized spacial score (nSPS) is 10.5. The fourth-order valence-electron chi connectivity index (χ4n) is 1.77. The first-order valence-electron chi connectivity index (χ1n) is 5.68. The summed E-state index contributed by atoms with van der Waals surface area (Å²) in [4.78, 5) is 0. The number of aliphatic hydroxyl groups excluding tert-OH is 1. The smallest absolute Gasteiger partial charge is 0.166 e. The summed E-state index contributed by atoms with van der Waals surface area (Å²) in [5.41, 5.74) is 0.231. The van der Waals surface area contributed by atoms with Crippen LogP contribution >= 0.6 is 0 Å². The summed E-state index contributed by atoms with van der Waals surface area (Å²) < 4.78 is 40.0. The molecule has 2 N–H and O–H groups in total. The lowest BCUT2D eigenvalue weighted by molar-refractivity contribution is 0.273. The highest BCUT2D eigenvalue weighted by Crippen LogP contribution is 2.26. The van der Waals surface area contributed by atoms with Crippen LogP contribution in [-0.2, 0) is 13.2 Å². The van der Waals surface area contributed by atoms with E-state index in [1.807, 2.05) is 30.3 Å². The van der Waals surface area contributed by atoms with Gasteiger partial charge in [-0.3, -0.25) is 0 Å². The van der Waals surface area contributed by atoms with Gasteiger partial charge in [-0.25, -0.2) is 13.2 Å². The van der Waals surface area contributed by atoms with Crippen LogP contribution in [0, 0.1) is 17.5 Å². The zero-order valence-corrected chi connectivity index (χ0v) is 9.96. The highest BCUT2D eigenvalue weighted by atomic mass is 19.2. The minimum Gasteiger partial charge on any atom is -0.391 e. The number of aliphatic hydroxyl groups is 1.